The average Bonchev–Trinajstić information content (AvgIpc) is 2.63. The highest BCUT2D eigenvalue weighted by Crippen LogP contribution is 2.24. The van der Waals surface area contributed by atoms with Gasteiger partial charge in [-0.05, 0) is 19.1 Å². The van der Waals surface area contributed by atoms with Crippen molar-refractivity contribution in [3.05, 3.63) is 23.9 Å². The summed E-state index contributed by atoms with van der Waals surface area (Å²) in [5.41, 5.74) is 6.80. The van der Waals surface area contributed by atoms with Crippen LogP contribution in [0.15, 0.2) is 22.7 Å². The van der Waals surface area contributed by atoms with Crippen molar-refractivity contribution in [2.75, 3.05) is 12.3 Å². The van der Waals surface area contributed by atoms with Crippen LogP contribution in [0.4, 0.5) is 5.69 Å². The van der Waals surface area contributed by atoms with Crippen molar-refractivity contribution in [3.8, 4) is 0 Å². The molecule has 2 aromatic rings. The fourth-order valence-corrected chi connectivity index (χ4v) is 1.36. The summed E-state index contributed by atoms with van der Waals surface area (Å²) in [5, 5.41) is 4.16. The first-order chi connectivity index (χ1) is 7.24. The van der Waals surface area contributed by atoms with Gasteiger partial charge in [0.25, 0.3) is 0 Å². The molecule has 0 fully saturated rings. The Morgan fingerprint density at radius 1 is 1.60 bits per heavy atom. The van der Waals surface area contributed by atoms with Crippen LogP contribution < -0.4 is 5.73 Å². The number of nitrogens with two attached hydrogens (primary N) is 1. The van der Waals surface area contributed by atoms with Crippen molar-refractivity contribution < 1.29 is 14.1 Å². The molecule has 15 heavy (non-hydrogen) atoms. The van der Waals surface area contributed by atoms with Gasteiger partial charge in [0, 0.05) is 5.69 Å². The molecule has 0 aliphatic heterocycles. The summed E-state index contributed by atoms with van der Waals surface area (Å²) in [6.45, 7) is 2.02. The zero-order valence-electron chi connectivity index (χ0n) is 8.19. The van der Waals surface area contributed by atoms with E-state index in [2.05, 4.69) is 5.16 Å². The Bertz CT molecular complexity index is 504. The molecule has 1 aromatic heterocycles. The van der Waals surface area contributed by atoms with E-state index < -0.39 is 5.97 Å². The van der Waals surface area contributed by atoms with Gasteiger partial charge in [-0.3, -0.25) is 0 Å². The largest absolute Gasteiger partial charge is 0.461 e. The molecule has 78 valence electrons. The minimum Gasteiger partial charge on any atom is -0.461 e. The van der Waals surface area contributed by atoms with Crippen molar-refractivity contribution in [2.24, 2.45) is 0 Å². The zero-order chi connectivity index (χ0) is 10.8. The van der Waals surface area contributed by atoms with E-state index in [4.69, 9.17) is 15.0 Å². The maximum atomic E-state index is 11.5. The van der Waals surface area contributed by atoms with E-state index in [1.165, 1.54) is 0 Å². The van der Waals surface area contributed by atoms with E-state index >= 15 is 0 Å². The molecule has 0 aliphatic rings. The number of ether oxygens (including phenoxy) is 1. The molecular weight excluding hydrogens is 196 g/mol. The summed E-state index contributed by atoms with van der Waals surface area (Å²) in [6, 6.07) is 5.11. The number of hydrogen-bond acceptors (Lipinski definition) is 5. The Balaban J connectivity index is 2.57. The summed E-state index contributed by atoms with van der Waals surface area (Å²) in [7, 11) is 0. The van der Waals surface area contributed by atoms with Gasteiger partial charge in [0.1, 0.15) is 0 Å². The number of esters is 1. The molecule has 0 saturated heterocycles. The zero-order valence-corrected chi connectivity index (χ0v) is 8.19. The lowest BCUT2D eigenvalue weighted by molar-refractivity contribution is 0.0517. The Morgan fingerprint density at radius 3 is 3.13 bits per heavy atom. The number of nitrogen functional groups attached to an aromatic ring is 1. The first-order valence-electron chi connectivity index (χ1n) is 4.55. The van der Waals surface area contributed by atoms with Gasteiger partial charge in [-0.1, -0.05) is 11.2 Å². The summed E-state index contributed by atoms with van der Waals surface area (Å²) < 4.78 is 9.80. The van der Waals surface area contributed by atoms with E-state index in [0.717, 1.165) is 0 Å². The Morgan fingerprint density at radius 2 is 2.40 bits per heavy atom. The Labute approximate surface area is 85.8 Å². The molecule has 2 rings (SSSR count). The number of carbonyl (C=O) groups is 1. The standard InChI is InChI=1S/C10H10N2O3/c1-2-14-10(13)9-8-6(11)4-3-5-7(8)15-12-9/h3-5H,2,11H2,1H3. The topological polar surface area (TPSA) is 78.3 Å². The number of fused-ring (bicyclic) bond motifs is 1. The van der Waals surface area contributed by atoms with Crippen molar-refractivity contribution in [2.45, 2.75) is 6.92 Å². The first-order valence-corrected chi connectivity index (χ1v) is 4.55. The Kier molecular flexibility index (Phi) is 2.29. The van der Waals surface area contributed by atoms with E-state index in [0.29, 0.717) is 23.3 Å². The van der Waals surface area contributed by atoms with Crippen LogP contribution in [0.3, 0.4) is 0 Å². The number of anilines is 1. The van der Waals surface area contributed by atoms with Crippen molar-refractivity contribution in [1.82, 2.24) is 5.16 Å². The number of nitrogens with zero attached hydrogens (tertiary/aromatic N) is 1. The van der Waals surface area contributed by atoms with Crippen LogP contribution in [0.2, 0.25) is 0 Å². The maximum Gasteiger partial charge on any atom is 0.361 e. The molecule has 5 nitrogen and oxygen atoms in total. The highest BCUT2D eigenvalue weighted by atomic mass is 16.5. The molecule has 0 spiro atoms. The quantitative estimate of drug-likeness (QED) is 0.596. The second-order valence-corrected chi connectivity index (χ2v) is 2.97. The second kappa shape index (κ2) is 3.61. The SMILES string of the molecule is CCOC(=O)c1noc2cccc(N)c12. The number of benzene rings is 1. The summed E-state index contributed by atoms with van der Waals surface area (Å²) in [5.74, 6) is -0.519. The summed E-state index contributed by atoms with van der Waals surface area (Å²) in [6.07, 6.45) is 0. The third kappa shape index (κ3) is 1.52. The lowest BCUT2D eigenvalue weighted by Gasteiger charge is -1.98. The monoisotopic (exact) mass is 206 g/mol. The first kappa shape index (κ1) is 9.51. The molecule has 0 bridgehead atoms. The molecule has 1 heterocycles. The van der Waals surface area contributed by atoms with E-state index in [9.17, 15) is 4.79 Å². The van der Waals surface area contributed by atoms with Crippen molar-refractivity contribution in [3.63, 3.8) is 0 Å². The Hall–Kier alpha value is -2.04. The van der Waals surface area contributed by atoms with Gasteiger partial charge in [-0.25, -0.2) is 4.79 Å². The smallest absolute Gasteiger partial charge is 0.361 e. The number of rotatable bonds is 2. The van der Waals surface area contributed by atoms with Crippen LogP contribution in [0, 0.1) is 0 Å². The molecule has 0 radical (unpaired) electrons. The predicted molar refractivity (Wildman–Crippen MR) is 54.4 cm³/mol. The van der Waals surface area contributed by atoms with Crippen molar-refractivity contribution in [1.29, 1.82) is 0 Å². The molecule has 0 unspecified atom stereocenters. The highest BCUT2D eigenvalue weighted by molar-refractivity contribution is 6.06. The fourth-order valence-electron chi connectivity index (χ4n) is 1.36. The molecule has 0 saturated carbocycles. The fraction of sp³-hybridized carbons (Fsp3) is 0.200. The van der Waals surface area contributed by atoms with E-state index in [-0.39, 0.29) is 5.69 Å². The van der Waals surface area contributed by atoms with Crippen LogP contribution in [0.25, 0.3) is 11.0 Å². The summed E-state index contributed by atoms with van der Waals surface area (Å²) in [4.78, 5) is 11.5. The average molecular weight is 206 g/mol. The molecule has 0 atom stereocenters. The van der Waals surface area contributed by atoms with Gasteiger partial charge in [-0.15, -0.1) is 0 Å². The van der Waals surface area contributed by atoms with Gasteiger partial charge in [0.2, 0.25) is 5.69 Å². The van der Waals surface area contributed by atoms with E-state index in [1.54, 1.807) is 25.1 Å². The number of hydrogen-bond donors (Lipinski definition) is 1. The molecule has 1 aromatic carbocycles. The molecule has 0 amide bonds. The van der Waals surface area contributed by atoms with Gasteiger partial charge in [-0.2, -0.15) is 0 Å². The van der Waals surface area contributed by atoms with E-state index in [1.807, 2.05) is 0 Å². The molecule has 5 heteroatoms. The molecular formula is C10H10N2O3. The highest BCUT2D eigenvalue weighted by Gasteiger charge is 2.18. The van der Waals surface area contributed by atoms with Gasteiger partial charge in [0.05, 0.1) is 12.0 Å². The number of aromatic nitrogens is 1. The van der Waals surface area contributed by atoms with Gasteiger partial charge < -0.3 is 15.0 Å². The third-order valence-corrected chi connectivity index (χ3v) is 2.00. The maximum absolute atomic E-state index is 11.5. The second-order valence-electron chi connectivity index (χ2n) is 2.97. The minimum atomic E-state index is -0.519. The van der Waals surface area contributed by atoms with Crippen LogP contribution in [0.1, 0.15) is 17.4 Å². The van der Waals surface area contributed by atoms with Crippen LogP contribution in [0.5, 0.6) is 0 Å². The van der Waals surface area contributed by atoms with Gasteiger partial charge in [0.15, 0.2) is 5.58 Å². The lowest BCUT2D eigenvalue weighted by Crippen LogP contribution is -2.05. The van der Waals surface area contributed by atoms with Gasteiger partial charge >= 0.3 is 5.97 Å². The molecule has 2 N–H and O–H groups in total. The normalized spacial score (nSPS) is 10.5. The van der Waals surface area contributed by atoms with Crippen LogP contribution in [-0.2, 0) is 4.74 Å². The lowest BCUT2D eigenvalue weighted by atomic mass is 10.2. The molecule has 0 aliphatic carbocycles. The van der Waals surface area contributed by atoms with Crippen LogP contribution in [-0.4, -0.2) is 17.7 Å². The third-order valence-electron chi connectivity index (χ3n) is 2.00. The number of carbonyl (C=O) groups excluding carboxylic acids is 1. The van der Waals surface area contributed by atoms with Crippen LogP contribution >= 0.6 is 0 Å². The van der Waals surface area contributed by atoms with Crippen molar-refractivity contribution >= 4 is 22.6 Å². The summed E-state index contributed by atoms with van der Waals surface area (Å²) >= 11 is 0. The minimum absolute atomic E-state index is 0.130. The predicted octanol–water partition coefficient (Wildman–Crippen LogP) is 1.59.